The molecule has 0 saturated carbocycles. The fourth-order valence-electron chi connectivity index (χ4n) is 3.00. The number of thiophene rings is 1. The van der Waals surface area contributed by atoms with E-state index in [0.717, 1.165) is 16.7 Å². The van der Waals surface area contributed by atoms with Crippen LogP contribution >= 0.6 is 11.3 Å². The van der Waals surface area contributed by atoms with Crippen molar-refractivity contribution in [1.82, 2.24) is 14.3 Å². The van der Waals surface area contributed by atoms with Crippen LogP contribution in [0.3, 0.4) is 0 Å². The second-order valence-corrected chi connectivity index (χ2v) is 9.56. The van der Waals surface area contributed by atoms with E-state index in [-0.39, 0.29) is 21.6 Å². The average molecular weight is 490 g/mol. The molecule has 0 aliphatic heterocycles. The summed E-state index contributed by atoms with van der Waals surface area (Å²) in [7, 11) is -2.75. The maximum absolute atomic E-state index is 13.1. The van der Waals surface area contributed by atoms with Gasteiger partial charge in [-0.25, -0.2) is 27.5 Å². The van der Waals surface area contributed by atoms with Crippen LogP contribution in [0.1, 0.15) is 0 Å². The molecule has 0 spiro atoms. The maximum atomic E-state index is 13.1. The third kappa shape index (κ3) is 4.49. The smallest absolute Gasteiger partial charge is 0.333 e. The van der Waals surface area contributed by atoms with E-state index in [2.05, 4.69) is 10.3 Å². The number of hydrogen-bond donors (Lipinski definition) is 3. The van der Waals surface area contributed by atoms with Gasteiger partial charge in [0.05, 0.1) is 19.0 Å². The number of pyridine rings is 2. The number of halogens is 1. The first-order valence-corrected chi connectivity index (χ1v) is 11.5. The number of benzene rings is 1. The second kappa shape index (κ2) is 8.52. The molecule has 170 valence electrons. The van der Waals surface area contributed by atoms with Crippen molar-refractivity contribution in [3.63, 3.8) is 0 Å². The van der Waals surface area contributed by atoms with E-state index in [4.69, 9.17) is 4.74 Å². The predicted molar refractivity (Wildman–Crippen MR) is 119 cm³/mol. The van der Waals surface area contributed by atoms with E-state index in [1.807, 2.05) is 0 Å². The third-order valence-electron chi connectivity index (χ3n) is 4.49. The first-order valence-electron chi connectivity index (χ1n) is 9.16. The number of rotatable bonds is 5. The van der Waals surface area contributed by atoms with Gasteiger partial charge in [-0.3, -0.25) is 4.79 Å². The van der Waals surface area contributed by atoms with Crippen LogP contribution in [-0.2, 0) is 10.0 Å². The number of urea groups is 1. The molecule has 0 bridgehead atoms. The Hall–Kier alpha value is -3.97. The lowest BCUT2D eigenvalue weighted by Gasteiger charge is -2.12. The summed E-state index contributed by atoms with van der Waals surface area (Å²) in [6, 6.07) is 9.80. The molecule has 1 aromatic carbocycles. The van der Waals surface area contributed by atoms with Crippen LogP contribution in [-0.4, -0.2) is 36.2 Å². The number of carbonyl (C=O) groups excluding carboxylic acids is 1. The molecule has 2 amide bonds. The number of anilines is 1. The highest BCUT2D eigenvalue weighted by atomic mass is 32.2. The summed E-state index contributed by atoms with van der Waals surface area (Å²) >= 11 is 0.375. The lowest BCUT2D eigenvalue weighted by atomic mass is 10.1. The van der Waals surface area contributed by atoms with Gasteiger partial charge >= 0.3 is 6.03 Å². The Kier molecular flexibility index (Phi) is 5.74. The molecule has 33 heavy (non-hydrogen) atoms. The zero-order valence-corrected chi connectivity index (χ0v) is 18.4. The van der Waals surface area contributed by atoms with Gasteiger partial charge in [0.1, 0.15) is 15.8 Å². The number of nitrogens with zero attached hydrogens (tertiary/aromatic N) is 2. The van der Waals surface area contributed by atoms with Crippen LogP contribution in [0.4, 0.5) is 14.9 Å². The zero-order chi connectivity index (χ0) is 23.8. The van der Waals surface area contributed by atoms with Crippen LogP contribution in [0.15, 0.2) is 63.7 Å². The maximum Gasteiger partial charge on any atom is 0.333 e. The minimum Gasteiger partial charge on any atom is -0.497 e. The molecule has 0 atom stereocenters. The van der Waals surface area contributed by atoms with Crippen molar-refractivity contribution in [2.75, 3.05) is 12.4 Å². The fraction of sp³-hybridized carbons (Fsp3) is 0.0500. The van der Waals surface area contributed by atoms with Crippen LogP contribution in [0.5, 0.6) is 11.6 Å². The van der Waals surface area contributed by atoms with Gasteiger partial charge < -0.3 is 15.2 Å². The van der Waals surface area contributed by atoms with E-state index in [9.17, 15) is 27.5 Å². The van der Waals surface area contributed by atoms with Crippen molar-refractivity contribution in [2.45, 2.75) is 4.21 Å². The van der Waals surface area contributed by atoms with Gasteiger partial charge in [-0.05, 0) is 47.9 Å². The van der Waals surface area contributed by atoms with Crippen LogP contribution in [0.2, 0.25) is 0 Å². The fourth-order valence-corrected chi connectivity index (χ4v) is 4.91. The topological polar surface area (TPSA) is 140 Å². The van der Waals surface area contributed by atoms with Gasteiger partial charge in [-0.15, -0.1) is 0 Å². The number of methoxy groups -OCH3 is 1. The molecule has 10 nitrogen and oxygen atoms in total. The first kappa shape index (κ1) is 22.2. The van der Waals surface area contributed by atoms with Crippen LogP contribution < -0.4 is 20.3 Å². The number of hydrogen-bond acceptors (Lipinski definition) is 8. The van der Waals surface area contributed by atoms with E-state index in [1.54, 1.807) is 22.9 Å². The number of aromatic hydroxyl groups is 1. The van der Waals surface area contributed by atoms with Crippen LogP contribution in [0.25, 0.3) is 16.6 Å². The number of sulfonamides is 1. The summed E-state index contributed by atoms with van der Waals surface area (Å²) in [5.41, 5.74) is -0.435. The van der Waals surface area contributed by atoms with Gasteiger partial charge in [0.2, 0.25) is 5.88 Å². The first-order chi connectivity index (χ1) is 15.7. The molecule has 4 rings (SSSR count). The Labute approximate surface area is 190 Å². The predicted octanol–water partition coefficient (Wildman–Crippen LogP) is 2.81. The van der Waals surface area contributed by atoms with Crippen molar-refractivity contribution in [3.05, 3.63) is 70.2 Å². The number of carbonyl (C=O) groups is 1. The van der Waals surface area contributed by atoms with E-state index in [0.29, 0.717) is 27.9 Å². The summed E-state index contributed by atoms with van der Waals surface area (Å²) < 4.78 is 44.8. The zero-order valence-electron chi connectivity index (χ0n) is 16.8. The monoisotopic (exact) mass is 490 g/mol. The van der Waals surface area contributed by atoms with Crippen molar-refractivity contribution < 1.29 is 27.4 Å². The van der Waals surface area contributed by atoms with Crippen molar-refractivity contribution in [2.24, 2.45) is 0 Å². The number of ether oxygens (including phenoxy) is 1. The normalized spacial score (nSPS) is 11.3. The minimum absolute atomic E-state index is 0.0721. The highest BCUT2D eigenvalue weighted by Gasteiger charge is 2.20. The van der Waals surface area contributed by atoms with Crippen molar-refractivity contribution >= 4 is 43.9 Å². The summed E-state index contributed by atoms with van der Waals surface area (Å²) in [4.78, 5) is 28.7. The molecule has 0 aliphatic carbocycles. The highest BCUT2D eigenvalue weighted by Crippen LogP contribution is 2.28. The number of nitrogens with one attached hydrogen (secondary N) is 2. The molecule has 0 radical (unpaired) electrons. The summed E-state index contributed by atoms with van der Waals surface area (Å²) in [5, 5.41) is 13.1. The molecule has 0 unspecified atom stereocenters. The lowest BCUT2D eigenvalue weighted by Crippen LogP contribution is -2.34. The lowest BCUT2D eigenvalue weighted by molar-refractivity contribution is 0.256. The molecule has 13 heteroatoms. The Morgan fingerprint density at radius 1 is 1.18 bits per heavy atom. The van der Waals surface area contributed by atoms with Crippen molar-refractivity contribution in [1.29, 1.82) is 0 Å². The molecule has 3 heterocycles. The number of aromatic nitrogens is 2. The Balaban J connectivity index is 1.55. The highest BCUT2D eigenvalue weighted by molar-refractivity contribution is 7.92. The largest absolute Gasteiger partial charge is 0.497 e. The Bertz CT molecular complexity index is 1530. The molecule has 4 aromatic rings. The van der Waals surface area contributed by atoms with Gasteiger partial charge in [0.15, 0.2) is 5.13 Å². The molecule has 0 saturated heterocycles. The third-order valence-corrected chi connectivity index (χ3v) is 7.18. The van der Waals surface area contributed by atoms with Gasteiger partial charge in [0.25, 0.3) is 15.6 Å². The quantitative estimate of drug-likeness (QED) is 0.391. The second-order valence-electron chi connectivity index (χ2n) is 6.62. The van der Waals surface area contributed by atoms with Gasteiger partial charge in [0, 0.05) is 11.5 Å². The summed E-state index contributed by atoms with van der Waals surface area (Å²) in [5.74, 6) is 0.264. The molecular weight excluding hydrogens is 475 g/mol. The molecule has 3 aromatic heterocycles. The Morgan fingerprint density at radius 2 is 1.97 bits per heavy atom. The average Bonchev–Trinajstić information content (AvgIpc) is 3.21. The van der Waals surface area contributed by atoms with E-state index < -0.39 is 26.7 Å². The molecule has 0 fully saturated rings. The van der Waals surface area contributed by atoms with Gasteiger partial charge in [-0.2, -0.15) is 4.39 Å². The van der Waals surface area contributed by atoms with Crippen LogP contribution in [0, 0.1) is 5.13 Å². The number of fused-ring (bicyclic) bond motifs is 1. The number of amides is 2. The molecular formula is C20H15FN4O6S2. The Morgan fingerprint density at radius 3 is 2.61 bits per heavy atom. The molecule has 0 aliphatic rings. The van der Waals surface area contributed by atoms with E-state index in [1.165, 1.54) is 31.5 Å². The summed E-state index contributed by atoms with van der Waals surface area (Å²) in [6.45, 7) is 0. The SMILES string of the molecule is COc1ccc2c(O)n(-c3ccc(NC(=O)NS(=O)(=O)c4ccc(F)s4)cn3)c(=O)cc2c1. The van der Waals surface area contributed by atoms with Gasteiger partial charge in [-0.1, -0.05) is 11.3 Å². The van der Waals surface area contributed by atoms with Crippen molar-refractivity contribution in [3.8, 4) is 17.4 Å². The molecule has 3 N–H and O–H groups in total. The standard InChI is InChI=1S/C20H15FN4O6S2/c1-31-13-3-4-14-11(8-13)9-17(26)25(19(14)27)16-6-2-12(10-22-16)23-20(28)24-33(29,30)18-7-5-15(21)32-18/h2-10,27H,1H3,(H2,23,24,28). The summed E-state index contributed by atoms with van der Waals surface area (Å²) in [6.07, 6.45) is 1.18. The van der Waals surface area contributed by atoms with E-state index >= 15 is 0 Å². The minimum atomic E-state index is -4.24.